The summed E-state index contributed by atoms with van der Waals surface area (Å²) in [6, 6.07) is 6.87. The molecule has 2 aromatic heterocycles. The van der Waals surface area contributed by atoms with Gasteiger partial charge in [-0.05, 0) is 37.8 Å². The van der Waals surface area contributed by atoms with Gasteiger partial charge in [-0.3, -0.25) is 9.59 Å². The molecule has 2 amide bonds. The Hall–Kier alpha value is -2.44. The molecule has 0 aliphatic carbocycles. The van der Waals surface area contributed by atoms with Gasteiger partial charge in [-0.25, -0.2) is 9.97 Å². The molecule has 30 heavy (non-hydrogen) atoms. The predicted molar refractivity (Wildman–Crippen MR) is 117 cm³/mol. The Bertz CT molecular complexity index is 1090. The Morgan fingerprint density at radius 2 is 1.07 bits per heavy atom. The minimum atomic E-state index is -0.135. The lowest BCUT2D eigenvalue weighted by molar-refractivity contribution is 0.0779. The van der Waals surface area contributed by atoms with E-state index >= 15 is 0 Å². The Labute approximate surface area is 183 Å². The number of pyridine rings is 2. The van der Waals surface area contributed by atoms with E-state index in [0.29, 0.717) is 31.9 Å². The van der Waals surface area contributed by atoms with E-state index in [2.05, 4.69) is 9.97 Å². The van der Waals surface area contributed by atoms with Gasteiger partial charge < -0.3 is 9.80 Å². The Balaban J connectivity index is 1.68. The molecule has 154 valence electrons. The van der Waals surface area contributed by atoms with Gasteiger partial charge in [0.2, 0.25) is 0 Å². The molecule has 8 heteroatoms. The molecule has 0 saturated carbocycles. The summed E-state index contributed by atoms with van der Waals surface area (Å²) in [6.45, 7) is 2.91. The third-order valence-electron chi connectivity index (χ3n) is 5.88. The molecular weight excluding hydrogens is 423 g/mol. The number of nitrogens with zero attached hydrogens (tertiary/aromatic N) is 4. The maximum absolute atomic E-state index is 12.9. The van der Waals surface area contributed by atoms with Crippen molar-refractivity contribution in [3.05, 3.63) is 45.7 Å². The van der Waals surface area contributed by atoms with E-state index in [-0.39, 0.29) is 23.2 Å². The first-order valence-electron chi connectivity index (χ1n) is 10.2. The molecule has 0 unspecified atom stereocenters. The van der Waals surface area contributed by atoms with Crippen molar-refractivity contribution in [3.63, 3.8) is 0 Å². The van der Waals surface area contributed by atoms with Crippen LogP contribution < -0.4 is 0 Å². The second-order valence-corrected chi connectivity index (χ2v) is 8.65. The number of likely N-dealkylation sites (tertiary alicyclic amines) is 2. The first-order valence-corrected chi connectivity index (χ1v) is 11.0. The van der Waals surface area contributed by atoms with Crippen molar-refractivity contribution in [1.29, 1.82) is 0 Å². The highest BCUT2D eigenvalue weighted by Gasteiger charge is 2.24. The lowest BCUT2D eigenvalue weighted by Gasteiger charge is -2.17. The van der Waals surface area contributed by atoms with Gasteiger partial charge in [-0.1, -0.05) is 35.3 Å². The second-order valence-electron chi connectivity index (χ2n) is 7.84. The van der Waals surface area contributed by atoms with Crippen LogP contribution in [0.3, 0.4) is 0 Å². The highest BCUT2D eigenvalue weighted by Crippen LogP contribution is 2.33. The monoisotopic (exact) mass is 442 g/mol. The summed E-state index contributed by atoms with van der Waals surface area (Å²) >= 11 is 13.0. The second kappa shape index (κ2) is 7.67. The largest absolute Gasteiger partial charge is 0.337 e. The number of aromatic nitrogens is 2. The zero-order chi connectivity index (χ0) is 20.8. The fourth-order valence-electron chi connectivity index (χ4n) is 4.28. The molecule has 5 rings (SSSR count). The number of amides is 2. The summed E-state index contributed by atoms with van der Waals surface area (Å²) in [5.41, 5.74) is 1.55. The van der Waals surface area contributed by atoms with Gasteiger partial charge in [0.05, 0.1) is 21.1 Å². The topological polar surface area (TPSA) is 66.4 Å². The average Bonchev–Trinajstić information content (AvgIpc) is 3.46. The van der Waals surface area contributed by atoms with Crippen LogP contribution in [0.5, 0.6) is 0 Å². The van der Waals surface area contributed by atoms with Crippen molar-refractivity contribution in [2.24, 2.45) is 0 Å². The highest BCUT2D eigenvalue weighted by atomic mass is 35.5. The van der Waals surface area contributed by atoms with Crippen LogP contribution in [0.25, 0.3) is 21.8 Å². The van der Waals surface area contributed by atoms with Crippen molar-refractivity contribution < 1.29 is 9.59 Å². The third kappa shape index (κ3) is 3.28. The summed E-state index contributed by atoms with van der Waals surface area (Å²) in [4.78, 5) is 38.6. The minimum Gasteiger partial charge on any atom is -0.337 e. The van der Waals surface area contributed by atoms with Gasteiger partial charge in [0.1, 0.15) is 11.4 Å². The quantitative estimate of drug-likeness (QED) is 0.545. The zero-order valence-corrected chi connectivity index (χ0v) is 17.8. The molecule has 2 aliphatic heterocycles. The molecule has 6 nitrogen and oxygen atoms in total. The summed E-state index contributed by atoms with van der Waals surface area (Å²) in [5, 5.41) is 2.21. The summed E-state index contributed by atoms with van der Waals surface area (Å²) in [5.74, 6) is -0.271. The fourth-order valence-corrected chi connectivity index (χ4v) is 4.79. The SMILES string of the molecule is O=C(c1cc(Cl)c2ccc3c(Cl)cc(C(=O)N4CCCC4)nc3c2n1)N1CCCC1. The van der Waals surface area contributed by atoms with Crippen LogP contribution in [0.15, 0.2) is 24.3 Å². The molecular formula is C22H20Cl2N4O2. The van der Waals surface area contributed by atoms with Crippen molar-refractivity contribution in [2.75, 3.05) is 26.2 Å². The Morgan fingerprint density at radius 3 is 1.43 bits per heavy atom. The zero-order valence-electron chi connectivity index (χ0n) is 16.3. The smallest absolute Gasteiger partial charge is 0.272 e. The van der Waals surface area contributed by atoms with E-state index in [9.17, 15) is 9.59 Å². The van der Waals surface area contributed by atoms with Crippen LogP contribution in [-0.4, -0.2) is 57.8 Å². The molecule has 4 heterocycles. The number of halogens is 2. The van der Waals surface area contributed by atoms with E-state index in [1.54, 1.807) is 21.9 Å². The summed E-state index contributed by atoms with van der Waals surface area (Å²) < 4.78 is 0. The molecule has 3 aromatic rings. The molecule has 0 radical (unpaired) electrons. The summed E-state index contributed by atoms with van der Waals surface area (Å²) in [7, 11) is 0. The molecule has 0 N–H and O–H groups in total. The molecule has 0 spiro atoms. The average molecular weight is 443 g/mol. The van der Waals surface area contributed by atoms with E-state index in [0.717, 1.165) is 51.9 Å². The van der Waals surface area contributed by atoms with E-state index in [1.165, 1.54) is 0 Å². The van der Waals surface area contributed by atoms with Crippen molar-refractivity contribution in [1.82, 2.24) is 19.8 Å². The normalized spacial score (nSPS) is 16.7. The van der Waals surface area contributed by atoms with Crippen molar-refractivity contribution >= 4 is 56.8 Å². The van der Waals surface area contributed by atoms with Crippen LogP contribution >= 0.6 is 23.2 Å². The number of rotatable bonds is 2. The molecule has 1 aromatic carbocycles. The van der Waals surface area contributed by atoms with E-state index in [1.807, 2.05) is 12.1 Å². The summed E-state index contributed by atoms with van der Waals surface area (Å²) in [6.07, 6.45) is 3.98. The van der Waals surface area contributed by atoms with Gasteiger partial charge in [-0.2, -0.15) is 0 Å². The number of fused-ring (bicyclic) bond motifs is 3. The van der Waals surface area contributed by atoms with Crippen molar-refractivity contribution in [2.45, 2.75) is 25.7 Å². The minimum absolute atomic E-state index is 0.135. The Kier molecular flexibility index (Phi) is 4.99. The van der Waals surface area contributed by atoms with Gasteiger partial charge in [0, 0.05) is 37.0 Å². The molecule has 0 atom stereocenters. The van der Waals surface area contributed by atoms with E-state index < -0.39 is 0 Å². The van der Waals surface area contributed by atoms with Gasteiger partial charge >= 0.3 is 0 Å². The van der Waals surface area contributed by atoms with Gasteiger partial charge in [0.15, 0.2) is 0 Å². The van der Waals surface area contributed by atoms with Crippen molar-refractivity contribution in [3.8, 4) is 0 Å². The maximum Gasteiger partial charge on any atom is 0.272 e. The first-order chi connectivity index (χ1) is 14.5. The number of hydrogen-bond acceptors (Lipinski definition) is 4. The maximum atomic E-state index is 12.9. The van der Waals surface area contributed by atoms with Gasteiger partial charge in [0.25, 0.3) is 11.8 Å². The highest BCUT2D eigenvalue weighted by molar-refractivity contribution is 6.38. The molecule has 2 fully saturated rings. The van der Waals surface area contributed by atoms with Crippen LogP contribution in [-0.2, 0) is 0 Å². The lowest BCUT2D eigenvalue weighted by atomic mass is 10.1. The van der Waals surface area contributed by atoms with Crippen LogP contribution in [0, 0.1) is 0 Å². The third-order valence-corrected chi connectivity index (χ3v) is 6.51. The van der Waals surface area contributed by atoms with Gasteiger partial charge in [-0.15, -0.1) is 0 Å². The number of hydrogen-bond donors (Lipinski definition) is 0. The number of carbonyl (C=O) groups excluding carboxylic acids is 2. The standard InChI is InChI=1S/C22H20Cl2N4O2/c23-15-11-17(21(29)27-7-1-2-8-27)25-19-13(15)5-6-14-16(24)12-18(26-20(14)19)22(30)28-9-3-4-10-28/h5-6,11-12H,1-4,7-10H2. The molecule has 2 aliphatic rings. The lowest BCUT2D eigenvalue weighted by Crippen LogP contribution is -2.28. The van der Waals surface area contributed by atoms with Crippen LogP contribution in [0.2, 0.25) is 10.0 Å². The Morgan fingerprint density at radius 1 is 0.700 bits per heavy atom. The number of carbonyl (C=O) groups is 2. The first kappa shape index (κ1) is 19.5. The molecule has 0 bridgehead atoms. The predicted octanol–water partition coefficient (Wildman–Crippen LogP) is 4.56. The number of benzene rings is 1. The van der Waals surface area contributed by atoms with Crippen LogP contribution in [0.1, 0.15) is 46.7 Å². The van der Waals surface area contributed by atoms with Crippen LogP contribution in [0.4, 0.5) is 0 Å². The van der Waals surface area contributed by atoms with E-state index in [4.69, 9.17) is 23.2 Å². The molecule has 2 saturated heterocycles. The fraction of sp³-hybridized carbons (Fsp3) is 0.364.